The van der Waals surface area contributed by atoms with E-state index in [2.05, 4.69) is 12.2 Å². The van der Waals surface area contributed by atoms with E-state index in [1.165, 1.54) is 0 Å². The highest BCUT2D eigenvalue weighted by Gasteiger charge is 2.43. The number of rotatable bonds is 4. The van der Waals surface area contributed by atoms with Crippen LogP contribution in [0.2, 0.25) is 0 Å². The second-order valence-electron chi connectivity index (χ2n) is 5.17. The van der Waals surface area contributed by atoms with Crippen molar-refractivity contribution >= 4 is 12.0 Å². The zero-order chi connectivity index (χ0) is 13.8. The van der Waals surface area contributed by atoms with Crippen molar-refractivity contribution in [3.05, 3.63) is 0 Å². The third kappa shape index (κ3) is 3.15. The van der Waals surface area contributed by atoms with Crippen LogP contribution in [0.5, 0.6) is 0 Å². The topological polar surface area (TPSA) is 69.6 Å². The Balaban J connectivity index is 2.75. The smallest absolute Gasteiger partial charge is 0.329 e. The number of hydrogen-bond acceptors (Lipinski definition) is 2. The number of carbonyl (C=O) groups excluding carboxylic acids is 1. The highest BCUT2D eigenvalue weighted by atomic mass is 16.4. The molecule has 0 aromatic carbocycles. The van der Waals surface area contributed by atoms with E-state index in [-0.39, 0.29) is 6.03 Å². The van der Waals surface area contributed by atoms with Gasteiger partial charge in [-0.25, -0.2) is 9.59 Å². The van der Waals surface area contributed by atoms with Crippen molar-refractivity contribution in [2.75, 3.05) is 13.1 Å². The maximum atomic E-state index is 12.0. The largest absolute Gasteiger partial charge is 0.480 e. The van der Waals surface area contributed by atoms with Gasteiger partial charge in [-0.1, -0.05) is 6.92 Å². The molecule has 2 N–H and O–H groups in total. The fraction of sp³-hybridized carbons (Fsp3) is 0.846. The number of hydrogen-bond donors (Lipinski definition) is 2. The van der Waals surface area contributed by atoms with Gasteiger partial charge in [0.2, 0.25) is 0 Å². The molecule has 5 heteroatoms. The molecule has 1 aliphatic carbocycles. The quantitative estimate of drug-likeness (QED) is 0.809. The zero-order valence-electron chi connectivity index (χ0n) is 11.5. The first-order chi connectivity index (χ1) is 8.45. The molecule has 2 amide bonds. The molecule has 0 heterocycles. The number of nitrogens with zero attached hydrogens (tertiary/aromatic N) is 1. The highest BCUT2D eigenvalue weighted by molar-refractivity contribution is 5.86. The summed E-state index contributed by atoms with van der Waals surface area (Å²) in [6.45, 7) is 7.08. The number of carboxylic acid groups (broad SMARTS) is 1. The fourth-order valence-electron chi connectivity index (χ4n) is 2.44. The van der Waals surface area contributed by atoms with E-state index in [1.807, 2.05) is 13.8 Å². The summed E-state index contributed by atoms with van der Waals surface area (Å²) < 4.78 is 0. The monoisotopic (exact) mass is 256 g/mol. The molecule has 1 saturated carbocycles. The number of nitrogens with one attached hydrogen (secondary N) is 1. The van der Waals surface area contributed by atoms with E-state index in [9.17, 15) is 14.7 Å². The van der Waals surface area contributed by atoms with E-state index in [0.717, 1.165) is 12.8 Å². The van der Waals surface area contributed by atoms with Crippen LogP contribution in [0, 0.1) is 5.92 Å². The molecule has 0 unspecified atom stereocenters. The Kier molecular flexibility index (Phi) is 4.99. The van der Waals surface area contributed by atoms with Gasteiger partial charge in [0.25, 0.3) is 0 Å². The minimum absolute atomic E-state index is 0.267. The SMILES string of the molecule is CCN(CC)C(=O)NC1(C(=O)O)CCC(C)CC1. The molecule has 0 spiro atoms. The molecule has 1 fully saturated rings. The van der Waals surface area contributed by atoms with Crippen LogP contribution in [0.3, 0.4) is 0 Å². The summed E-state index contributed by atoms with van der Waals surface area (Å²) in [5.41, 5.74) is -1.06. The number of carboxylic acids is 1. The third-order valence-electron chi connectivity index (χ3n) is 3.93. The van der Waals surface area contributed by atoms with Gasteiger partial charge in [-0.05, 0) is 45.4 Å². The van der Waals surface area contributed by atoms with Crippen LogP contribution in [0.25, 0.3) is 0 Å². The zero-order valence-corrected chi connectivity index (χ0v) is 11.5. The average Bonchev–Trinajstić information content (AvgIpc) is 2.33. The normalized spacial score (nSPS) is 27.6. The van der Waals surface area contributed by atoms with Crippen LogP contribution in [0.15, 0.2) is 0 Å². The van der Waals surface area contributed by atoms with Crippen molar-refractivity contribution in [2.24, 2.45) is 5.92 Å². The fourth-order valence-corrected chi connectivity index (χ4v) is 2.44. The Bertz CT molecular complexity index is 305. The number of aliphatic carboxylic acids is 1. The number of amides is 2. The van der Waals surface area contributed by atoms with Gasteiger partial charge in [-0.15, -0.1) is 0 Å². The summed E-state index contributed by atoms with van der Waals surface area (Å²) in [6.07, 6.45) is 2.75. The van der Waals surface area contributed by atoms with Crippen LogP contribution in [0.1, 0.15) is 46.5 Å². The van der Waals surface area contributed by atoms with E-state index in [4.69, 9.17) is 0 Å². The molecule has 0 atom stereocenters. The van der Waals surface area contributed by atoms with Crippen LogP contribution in [-0.2, 0) is 4.79 Å². The Labute approximate surface area is 109 Å². The molecule has 0 radical (unpaired) electrons. The Hall–Kier alpha value is -1.26. The summed E-state index contributed by atoms with van der Waals surface area (Å²) >= 11 is 0. The van der Waals surface area contributed by atoms with Crippen molar-refractivity contribution in [1.82, 2.24) is 10.2 Å². The van der Waals surface area contributed by atoms with E-state index >= 15 is 0 Å². The van der Waals surface area contributed by atoms with E-state index in [0.29, 0.717) is 31.8 Å². The molecule has 5 nitrogen and oxygen atoms in total. The number of carbonyl (C=O) groups is 2. The highest BCUT2D eigenvalue weighted by Crippen LogP contribution is 2.32. The first-order valence-electron chi connectivity index (χ1n) is 6.75. The lowest BCUT2D eigenvalue weighted by atomic mass is 9.77. The van der Waals surface area contributed by atoms with Gasteiger partial charge in [0, 0.05) is 13.1 Å². The van der Waals surface area contributed by atoms with Gasteiger partial charge in [-0.3, -0.25) is 0 Å². The standard InChI is InChI=1S/C13H24N2O3/c1-4-15(5-2)12(18)14-13(11(16)17)8-6-10(3)7-9-13/h10H,4-9H2,1-3H3,(H,14,18)(H,16,17). The van der Waals surface area contributed by atoms with Crippen LogP contribution in [-0.4, -0.2) is 40.6 Å². The van der Waals surface area contributed by atoms with Crippen molar-refractivity contribution in [1.29, 1.82) is 0 Å². The van der Waals surface area contributed by atoms with Gasteiger partial charge in [0.15, 0.2) is 0 Å². The predicted octanol–water partition coefficient (Wildman–Crippen LogP) is 2.07. The molecule has 1 rings (SSSR count). The molecule has 0 saturated heterocycles. The Morgan fingerprint density at radius 1 is 1.28 bits per heavy atom. The molecule has 0 aromatic rings. The van der Waals surface area contributed by atoms with Crippen molar-refractivity contribution in [2.45, 2.75) is 52.0 Å². The average molecular weight is 256 g/mol. The lowest BCUT2D eigenvalue weighted by molar-refractivity contribution is -0.146. The molecule has 18 heavy (non-hydrogen) atoms. The van der Waals surface area contributed by atoms with Gasteiger partial charge < -0.3 is 15.3 Å². The van der Waals surface area contributed by atoms with Crippen LogP contribution in [0.4, 0.5) is 4.79 Å². The third-order valence-corrected chi connectivity index (χ3v) is 3.93. The Morgan fingerprint density at radius 3 is 2.17 bits per heavy atom. The van der Waals surface area contributed by atoms with Crippen LogP contribution >= 0.6 is 0 Å². The Morgan fingerprint density at radius 2 is 1.78 bits per heavy atom. The van der Waals surface area contributed by atoms with E-state index < -0.39 is 11.5 Å². The van der Waals surface area contributed by atoms with Crippen molar-refractivity contribution in [3.63, 3.8) is 0 Å². The summed E-state index contributed by atoms with van der Waals surface area (Å²) in [4.78, 5) is 25.1. The molecule has 0 bridgehead atoms. The lowest BCUT2D eigenvalue weighted by Crippen LogP contribution is -2.59. The van der Waals surface area contributed by atoms with Gasteiger partial charge >= 0.3 is 12.0 Å². The van der Waals surface area contributed by atoms with Crippen molar-refractivity contribution in [3.8, 4) is 0 Å². The second kappa shape index (κ2) is 6.07. The van der Waals surface area contributed by atoms with Gasteiger partial charge in [0.05, 0.1) is 0 Å². The second-order valence-corrected chi connectivity index (χ2v) is 5.17. The molecule has 0 aromatic heterocycles. The first kappa shape index (κ1) is 14.8. The molecule has 104 valence electrons. The minimum atomic E-state index is -1.06. The lowest BCUT2D eigenvalue weighted by Gasteiger charge is -2.37. The maximum absolute atomic E-state index is 12.0. The van der Waals surface area contributed by atoms with Gasteiger partial charge in [-0.2, -0.15) is 0 Å². The van der Waals surface area contributed by atoms with Crippen molar-refractivity contribution < 1.29 is 14.7 Å². The molecular formula is C13H24N2O3. The maximum Gasteiger partial charge on any atom is 0.329 e. The summed E-state index contributed by atoms with van der Waals surface area (Å²) in [7, 11) is 0. The van der Waals surface area contributed by atoms with Gasteiger partial charge in [0.1, 0.15) is 5.54 Å². The summed E-state index contributed by atoms with van der Waals surface area (Å²) in [5, 5.41) is 12.2. The summed E-state index contributed by atoms with van der Waals surface area (Å²) in [5.74, 6) is -0.363. The summed E-state index contributed by atoms with van der Waals surface area (Å²) in [6, 6.07) is -0.267. The molecule has 1 aliphatic rings. The first-order valence-corrected chi connectivity index (χ1v) is 6.75. The molecular weight excluding hydrogens is 232 g/mol. The minimum Gasteiger partial charge on any atom is -0.480 e. The molecule has 0 aliphatic heterocycles. The number of urea groups is 1. The van der Waals surface area contributed by atoms with Crippen LogP contribution < -0.4 is 5.32 Å². The predicted molar refractivity (Wildman–Crippen MR) is 69.5 cm³/mol. The van der Waals surface area contributed by atoms with E-state index in [1.54, 1.807) is 4.90 Å².